The number of hydrogen-bond acceptors (Lipinski definition) is 2. The summed E-state index contributed by atoms with van der Waals surface area (Å²) in [7, 11) is 0. The number of pyridine rings is 1. The topological polar surface area (TPSA) is 30.7 Å². The summed E-state index contributed by atoms with van der Waals surface area (Å²) in [5.74, 6) is 1.06. The van der Waals surface area contributed by atoms with Crippen molar-refractivity contribution in [2.24, 2.45) is 0 Å². The van der Waals surface area contributed by atoms with Crippen LogP contribution in [0.3, 0.4) is 0 Å². The number of imidazole rings is 1. The first-order valence-electron chi connectivity index (χ1n) is 5.95. The molecule has 3 aromatic rings. The van der Waals surface area contributed by atoms with Crippen LogP contribution in [0, 0.1) is 6.92 Å². The molecule has 0 bridgehead atoms. The largest absolute Gasteiger partial charge is 0.279 e. The molecule has 0 spiro atoms. The van der Waals surface area contributed by atoms with Crippen molar-refractivity contribution in [3.63, 3.8) is 0 Å². The molecule has 0 N–H and O–H groups in total. The van der Waals surface area contributed by atoms with Crippen LogP contribution in [0.5, 0.6) is 0 Å². The standard InChI is InChI=1S/C14H10BrCl2N3/c1-8-4-9(15)2-3-12(8)20-13(6-16)19-11-5-10(17)7-18-14(11)20/h2-5,7H,6H2,1H3. The van der Waals surface area contributed by atoms with E-state index in [-0.39, 0.29) is 0 Å². The van der Waals surface area contributed by atoms with E-state index >= 15 is 0 Å². The van der Waals surface area contributed by atoms with Gasteiger partial charge in [0.2, 0.25) is 0 Å². The Labute approximate surface area is 134 Å². The summed E-state index contributed by atoms with van der Waals surface area (Å²) in [6.45, 7) is 2.04. The van der Waals surface area contributed by atoms with Gasteiger partial charge in [-0.25, -0.2) is 9.97 Å². The van der Waals surface area contributed by atoms with Gasteiger partial charge in [-0.05, 0) is 36.8 Å². The monoisotopic (exact) mass is 369 g/mol. The molecule has 0 fully saturated rings. The Bertz CT molecular complexity index is 798. The second kappa shape index (κ2) is 5.35. The number of nitrogens with zero attached hydrogens (tertiary/aromatic N) is 3. The minimum Gasteiger partial charge on any atom is -0.279 e. The van der Waals surface area contributed by atoms with Crippen molar-refractivity contribution < 1.29 is 0 Å². The van der Waals surface area contributed by atoms with Crippen LogP contribution in [0.4, 0.5) is 0 Å². The van der Waals surface area contributed by atoms with E-state index in [1.54, 1.807) is 12.3 Å². The zero-order chi connectivity index (χ0) is 14.3. The van der Waals surface area contributed by atoms with Gasteiger partial charge in [-0.15, -0.1) is 11.6 Å². The van der Waals surface area contributed by atoms with Crippen molar-refractivity contribution in [2.45, 2.75) is 12.8 Å². The van der Waals surface area contributed by atoms with E-state index in [1.807, 2.05) is 23.6 Å². The molecular formula is C14H10BrCl2N3. The molecule has 0 atom stereocenters. The highest BCUT2D eigenvalue weighted by Gasteiger charge is 2.14. The molecule has 2 heterocycles. The Morgan fingerprint density at radius 3 is 2.80 bits per heavy atom. The molecule has 0 aliphatic carbocycles. The molecular weight excluding hydrogens is 361 g/mol. The summed E-state index contributed by atoms with van der Waals surface area (Å²) in [5, 5.41) is 0.566. The molecule has 3 rings (SSSR count). The van der Waals surface area contributed by atoms with Crippen LogP contribution in [0.15, 0.2) is 34.9 Å². The van der Waals surface area contributed by atoms with Crippen molar-refractivity contribution in [3.05, 3.63) is 51.3 Å². The first kappa shape index (κ1) is 13.9. The molecule has 1 aromatic carbocycles. The maximum Gasteiger partial charge on any atom is 0.164 e. The Morgan fingerprint density at radius 1 is 1.30 bits per heavy atom. The highest BCUT2D eigenvalue weighted by atomic mass is 79.9. The fourth-order valence-electron chi connectivity index (χ4n) is 2.20. The van der Waals surface area contributed by atoms with Gasteiger partial charge in [0.25, 0.3) is 0 Å². The van der Waals surface area contributed by atoms with Crippen LogP contribution in [-0.4, -0.2) is 14.5 Å². The fourth-order valence-corrected chi connectivity index (χ4v) is 3.01. The minimum atomic E-state index is 0.309. The molecule has 102 valence electrons. The summed E-state index contributed by atoms with van der Waals surface area (Å²) in [6, 6.07) is 7.86. The number of aryl methyl sites for hydroxylation is 1. The lowest BCUT2D eigenvalue weighted by Gasteiger charge is -2.10. The molecule has 3 nitrogen and oxygen atoms in total. The average molecular weight is 371 g/mol. The maximum atomic E-state index is 6.02. The lowest BCUT2D eigenvalue weighted by Crippen LogP contribution is -2.02. The molecule has 20 heavy (non-hydrogen) atoms. The van der Waals surface area contributed by atoms with Gasteiger partial charge in [-0.3, -0.25) is 4.57 Å². The molecule has 6 heteroatoms. The third-order valence-electron chi connectivity index (χ3n) is 3.05. The van der Waals surface area contributed by atoms with Gasteiger partial charge in [0.1, 0.15) is 11.3 Å². The SMILES string of the molecule is Cc1cc(Br)ccc1-n1c(CCl)nc2cc(Cl)cnc21. The van der Waals surface area contributed by atoms with Crippen LogP contribution in [0.25, 0.3) is 16.9 Å². The van der Waals surface area contributed by atoms with Gasteiger partial charge < -0.3 is 0 Å². The van der Waals surface area contributed by atoms with Crippen molar-refractivity contribution in [2.75, 3.05) is 0 Å². The van der Waals surface area contributed by atoms with E-state index in [9.17, 15) is 0 Å². The summed E-state index contributed by atoms with van der Waals surface area (Å²) >= 11 is 15.5. The average Bonchev–Trinajstić information content (AvgIpc) is 2.76. The summed E-state index contributed by atoms with van der Waals surface area (Å²) in [4.78, 5) is 8.89. The summed E-state index contributed by atoms with van der Waals surface area (Å²) < 4.78 is 3.01. The number of fused-ring (bicyclic) bond motifs is 1. The highest BCUT2D eigenvalue weighted by Crippen LogP contribution is 2.26. The quantitative estimate of drug-likeness (QED) is 0.601. The maximum absolute atomic E-state index is 6.02. The van der Waals surface area contributed by atoms with Crippen molar-refractivity contribution in [1.82, 2.24) is 14.5 Å². The predicted octanol–water partition coefficient (Wildman–Crippen LogP) is 4.88. The van der Waals surface area contributed by atoms with Gasteiger partial charge >= 0.3 is 0 Å². The molecule has 0 aliphatic rings. The Kier molecular flexibility index (Phi) is 3.71. The minimum absolute atomic E-state index is 0.309. The van der Waals surface area contributed by atoms with Crippen LogP contribution in [0.1, 0.15) is 11.4 Å². The second-order valence-electron chi connectivity index (χ2n) is 4.42. The lowest BCUT2D eigenvalue weighted by molar-refractivity contribution is 0.960. The van der Waals surface area contributed by atoms with E-state index in [0.717, 1.165) is 32.7 Å². The summed E-state index contributed by atoms with van der Waals surface area (Å²) in [5.41, 5.74) is 3.63. The third kappa shape index (κ3) is 2.32. The number of alkyl halides is 1. The first-order valence-corrected chi connectivity index (χ1v) is 7.66. The number of halogens is 3. The molecule has 0 amide bonds. The zero-order valence-electron chi connectivity index (χ0n) is 10.6. The predicted molar refractivity (Wildman–Crippen MR) is 85.9 cm³/mol. The first-order chi connectivity index (χ1) is 9.60. The van der Waals surface area contributed by atoms with Crippen LogP contribution in [0.2, 0.25) is 5.02 Å². The molecule has 0 unspecified atom stereocenters. The van der Waals surface area contributed by atoms with Crippen molar-refractivity contribution in [1.29, 1.82) is 0 Å². The second-order valence-corrected chi connectivity index (χ2v) is 6.04. The van der Waals surface area contributed by atoms with E-state index in [2.05, 4.69) is 32.0 Å². The fraction of sp³-hybridized carbons (Fsp3) is 0.143. The van der Waals surface area contributed by atoms with Crippen molar-refractivity contribution in [3.8, 4) is 5.69 Å². The van der Waals surface area contributed by atoms with Crippen LogP contribution >= 0.6 is 39.1 Å². The molecule has 2 aromatic heterocycles. The van der Waals surface area contributed by atoms with E-state index < -0.39 is 0 Å². The Balaban J connectivity index is 2.34. The van der Waals surface area contributed by atoms with E-state index in [0.29, 0.717) is 10.9 Å². The molecule has 0 aliphatic heterocycles. The van der Waals surface area contributed by atoms with Gasteiger partial charge in [0.05, 0.1) is 16.6 Å². The molecule has 0 saturated heterocycles. The van der Waals surface area contributed by atoms with Gasteiger partial charge in [-0.1, -0.05) is 27.5 Å². The lowest BCUT2D eigenvalue weighted by atomic mass is 10.2. The van der Waals surface area contributed by atoms with Gasteiger partial charge in [0.15, 0.2) is 5.65 Å². The summed E-state index contributed by atoms with van der Waals surface area (Å²) in [6.07, 6.45) is 1.62. The van der Waals surface area contributed by atoms with E-state index in [4.69, 9.17) is 23.2 Å². The third-order valence-corrected chi connectivity index (χ3v) is 3.99. The normalized spacial score (nSPS) is 11.2. The molecule has 0 radical (unpaired) electrons. The Hall–Kier alpha value is -1.10. The van der Waals surface area contributed by atoms with Gasteiger partial charge in [-0.2, -0.15) is 0 Å². The number of benzene rings is 1. The molecule has 0 saturated carbocycles. The zero-order valence-corrected chi connectivity index (χ0v) is 13.7. The van der Waals surface area contributed by atoms with E-state index in [1.165, 1.54) is 0 Å². The van der Waals surface area contributed by atoms with Crippen molar-refractivity contribution >= 4 is 50.3 Å². The number of aromatic nitrogens is 3. The number of hydrogen-bond donors (Lipinski definition) is 0. The number of rotatable bonds is 2. The smallest absolute Gasteiger partial charge is 0.164 e. The highest BCUT2D eigenvalue weighted by molar-refractivity contribution is 9.10. The van der Waals surface area contributed by atoms with Gasteiger partial charge in [0, 0.05) is 10.7 Å². The van der Waals surface area contributed by atoms with Crippen LogP contribution < -0.4 is 0 Å². The van der Waals surface area contributed by atoms with Crippen LogP contribution in [-0.2, 0) is 5.88 Å². The Morgan fingerprint density at radius 2 is 2.10 bits per heavy atom.